The van der Waals surface area contributed by atoms with Crippen LogP contribution in [0.2, 0.25) is 0 Å². The number of aromatic amines is 1. The number of H-pyrrole nitrogens is 1. The van der Waals surface area contributed by atoms with Crippen LogP contribution < -0.4 is 5.56 Å². The minimum absolute atomic E-state index is 0.0742. The second-order valence-electron chi connectivity index (χ2n) is 5.06. The fourth-order valence-electron chi connectivity index (χ4n) is 2.15. The van der Waals surface area contributed by atoms with Crippen molar-refractivity contribution >= 4 is 12.2 Å². The molecular weight excluding hydrogens is 274 g/mol. The second-order valence-corrected chi connectivity index (χ2v) is 5.43. The van der Waals surface area contributed by atoms with E-state index in [1.165, 1.54) is 0 Å². The monoisotopic (exact) mass is 293 g/mol. The Hall–Kier alpha value is -1.69. The summed E-state index contributed by atoms with van der Waals surface area (Å²) in [7, 11) is 0. The summed E-state index contributed by atoms with van der Waals surface area (Å²) in [5.41, 5.74) is 1.40. The first-order chi connectivity index (χ1) is 9.54. The molecule has 0 aliphatic rings. The van der Waals surface area contributed by atoms with Gasteiger partial charge in [0.25, 0.3) is 16.3 Å². The maximum Gasteiger partial charge on any atom is 0.284 e. The van der Waals surface area contributed by atoms with E-state index in [4.69, 9.17) is 16.6 Å². The van der Waals surface area contributed by atoms with Gasteiger partial charge in [0.1, 0.15) is 5.56 Å². The fraction of sp³-hybridized carbons (Fsp3) is 0.500. The average Bonchev–Trinajstić information content (AvgIpc) is 2.83. The quantitative estimate of drug-likeness (QED) is 0.857. The number of rotatable bonds is 5. The molecule has 0 unspecified atom stereocenters. The van der Waals surface area contributed by atoms with Crippen LogP contribution in [0.1, 0.15) is 45.2 Å². The molecule has 2 aromatic rings. The molecule has 0 atom stereocenters. The molecule has 0 aliphatic heterocycles. The number of aromatic nitrogens is 3. The highest BCUT2D eigenvalue weighted by Crippen LogP contribution is 2.18. The van der Waals surface area contributed by atoms with Gasteiger partial charge in [0.05, 0.1) is 0 Å². The molecule has 0 spiro atoms. The Morgan fingerprint density at radius 3 is 2.75 bits per heavy atom. The third-order valence-corrected chi connectivity index (χ3v) is 3.38. The molecule has 0 saturated carbocycles. The van der Waals surface area contributed by atoms with Crippen LogP contribution in [0.15, 0.2) is 21.3 Å². The van der Waals surface area contributed by atoms with Gasteiger partial charge in [-0.05, 0) is 36.7 Å². The molecule has 2 rings (SSSR count). The van der Waals surface area contributed by atoms with E-state index in [2.05, 4.69) is 31.0 Å². The summed E-state index contributed by atoms with van der Waals surface area (Å²) in [4.78, 5) is 12.8. The summed E-state index contributed by atoms with van der Waals surface area (Å²) in [5.74, 6) is 0.541. The minimum atomic E-state index is -0.0742. The lowest BCUT2D eigenvalue weighted by Gasteiger charge is -2.16. The first kappa shape index (κ1) is 14.7. The predicted molar refractivity (Wildman–Crippen MR) is 80.4 cm³/mol. The largest absolute Gasteiger partial charge is 0.409 e. The van der Waals surface area contributed by atoms with E-state index in [1.54, 1.807) is 6.07 Å². The number of pyridine rings is 1. The van der Waals surface area contributed by atoms with E-state index in [0.29, 0.717) is 18.0 Å². The summed E-state index contributed by atoms with van der Waals surface area (Å²) in [5, 5.41) is 6.48. The number of hydrogen-bond donors (Lipinski definition) is 1. The zero-order valence-corrected chi connectivity index (χ0v) is 12.8. The van der Waals surface area contributed by atoms with Gasteiger partial charge in [-0.1, -0.05) is 27.2 Å². The third-order valence-electron chi connectivity index (χ3n) is 3.20. The Kier molecular flexibility index (Phi) is 4.54. The van der Waals surface area contributed by atoms with Crippen LogP contribution in [0, 0.1) is 4.84 Å². The third kappa shape index (κ3) is 2.90. The molecular formula is C14H19N3O2S. The van der Waals surface area contributed by atoms with Crippen molar-refractivity contribution in [2.24, 2.45) is 0 Å². The molecule has 20 heavy (non-hydrogen) atoms. The molecule has 0 fully saturated rings. The maximum atomic E-state index is 12.6. The van der Waals surface area contributed by atoms with Crippen LogP contribution in [0.4, 0.5) is 0 Å². The van der Waals surface area contributed by atoms with Gasteiger partial charge in [0, 0.05) is 12.2 Å². The zero-order valence-electron chi connectivity index (χ0n) is 12.0. The average molecular weight is 293 g/mol. The van der Waals surface area contributed by atoms with E-state index < -0.39 is 0 Å². The maximum absolute atomic E-state index is 12.6. The van der Waals surface area contributed by atoms with Gasteiger partial charge in [-0.15, -0.1) is 5.10 Å². The molecule has 1 N–H and O–H groups in total. The number of nitrogens with zero attached hydrogens (tertiary/aromatic N) is 2. The summed E-state index contributed by atoms with van der Waals surface area (Å²) in [6.45, 7) is 6.98. The Balaban J connectivity index is 2.56. The second kappa shape index (κ2) is 6.17. The van der Waals surface area contributed by atoms with Crippen molar-refractivity contribution in [2.45, 2.75) is 46.1 Å². The molecule has 0 amide bonds. The van der Waals surface area contributed by atoms with Crippen LogP contribution in [-0.4, -0.2) is 14.8 Å². The van der Waals surface area contributed by atoms with Crippen molar-refractivity contribution in [3.05, 3.63) is 33.0 Å². The SMILES string of the molecule is CCCCn1c(C(C)C)ccc(-c2n[nH]c(=S)o2)c1=O. The smallest absolute Gasteiger partial charge is 0.284 e. The van der Waals surface area contributed by atoms with Crippen molar-refractivity contribution in [1.29, 1.82) is 0 Å². The van der Waals surface area contributed by atoms with Gasteiger partial charge in [-0.25, -0.2) is 5.10 Å². The van der Waals surface area contributed by atoms with E-state index in [1.807, 2.05) is 10.6 Å². The zero-order chi connectivity index (χ0) is 14.7. The molecule has 0 bridgehead atoms. The first-order valence-electron chi connectivity index (χ1n) is 6.84. The van der Waals surface area contributed by atoms with Crippen molar-refractivity contribution in [1.82, 2.24) is 14.8 Å². The lowest BCUT2D eigenvalue weighted by atomic mass is 10.1. The Bertz CT molecular complexity index is 697. The molecule has 5 nitrogen and oxygen atoms in total. The van der Waals surface area contributed by atoms with Crippen LogP contribution in [-0.2, 0) is 6.54 Å². The van der Waals surface area contributed by atoms with Gasteiger partial charge in [0.15, 0.2) is 0 Å². The molecule has 2 heterocycles. The molecule has 0 aromatic carbocycles. The van der Waals surface area contributed by atoms with Crippen LogP contribution in [0.3, 0.4) is 0 Å². The van der Waals surface area contributed by atoms with Crippen LogP contribution in [0.25, 0.3) is 11.5 Å². The molecule has 0 radical (unpaired) electrons. The van der Waals surface area contributed by atoms with Crippen molar-refractivity contribution < 1.29 is 4.42 Å². The number of nitrogens with one attached hydrogen (secondary N) is 1. The summed E-state index contributed by atoms with van der Waals surface area (Å²) < 4.78 is 7.06. The fourth-order valence-corrected chi connectivity index (χ4v) is 2.28. The van der Waals surface area contributed by atoms with E-state index in [-0.39, 0.29) is 16.3 Å². The predicted octanol–water partition coefficient (Wildman–Crippen LogP) is 3.48. The Morgan fingerprint density at radius 1 is 1.45 bits per heavy atom. The lowest BCUT2D eigenvalue weighted by Crippen LogP contribution is -2.25. The topological polar surface area (TPSA) is 63.8 Å². The molecule has 2 aromatic heterocycles. The summed E-state index contributed by atoms with van der Waals surface area (Å²) >= 11 is 4.85. The lowest BCUT2D eigenvalue weighted by molar-refractivity contribution is 0.543. The molecule has 0 aliphatic carbocycles. The summed E-state index contributed by atoms with van der Waals surface area (Å²) in [6, 6.07) is 3.72. The highest BCUT2D eigenvalue weighted by Gasteiger charge is 2.15. The Morgan fingerprint density at radius 2 is 2.20 bits per heavy atom. The first-order valence-corrected chi connectivity index (χ1v) is 7.25. The number of hydrogen-bond acceptors (Lipinski definition) is 4. The van der Waals surface area contributed by atoms with Gasteiger partial charge >= 0.3 is 0 Å². The normalized spacial score (nSPS) is 11.2. The number of unbranched alkanes of at least 4 members (excludes halogenated alkanes) is 1. The minimum Gasteiger partial charge on any atom is -0.409 e. The van der Waals surface area contributed by atoms with Gasteiger partial charge in [0.2, 0.25) is 0 Å². The van der Waals surface area contributed by atoms with Gasteiger partial charge < -0.3 is 8.98 Å². The van der Waals surface area contributed by atoms with E-state index >= 15 is 0 Å². The van der Waals surface area contributed by atoms with Crippen molar-refractivity contribution in [3.8, 4) is 11.5 Å². The molecule has 108 valence electrons. The van der Waals surface area contributed by atoms with Crippen LogP contribution in [0.5, 0.6) is 0 Å². The highest BCUT2D eigenvalue weighted by molar-refractivity contribution is 7.71. The standard InChI is InChI=1S/C14H19N3O2S/c1-4-5-8-17-11(9(2)3)7-6-10(13(17)18)12-15-16-14(20)19-12/h6-7,9H,4-5,8H2,1-3H3,(H,16,20). The molecule has 6 heteroatoms. The van der Waals surface area contributed by atoms with Crippen LogP contribution >= 0.6 is 12.2 Å². The van der Waals surface area contributed by atoms with E-state index in [0.717, 1.165) is 18.5 Å². The van der Waals surface area contributed by atoms with Gasteiger partial charge in [-0.3, -0.25) is 4.79 Å². The van der Waals surface area contributed by atoms with Gasteiger partial charge in [-0.2, -0.15) is 0 Å². The summed E-state index contributed by atoms with van der Waals surface area (Å²) in [6.07, 6.45) is 2.00. The van der Waals surface area contributed by atoms with Crippen molar-refractivity contribution in [2.75, 3.05) is 0 Å². The Labute approximate surface area is 122 Å². The van der Waals surface area contributed by atoms with Crippen molar-refractivity contribution in [3.63, 3.8) is 0 Å². The van der Waals surface area contributed by atoms with E-state index in [9.17, 15) is 4.79 Å². The molecule has 0 saturated heterocycles. The highest BCUT2D eigenvalue weighted by atomic mass is 32.1.